The van der Waals surface area contributed by atoms with Gasteiger partial charge in [-0.2, -0.15) is 0 Å². The van der Waals surface area contributed by atoms with Gasteiger partial charge < -0.3 is 14.8 Å². The van der Waals surface area contributed by atoms with Crippen LogP contribution in [0.4, 0.5) is 0 Å². The molecule has 0 radical (unpaired) electrons. The molecule has 38 heavy (non-hydrogen) atoms. The molecule has 3 aromatic carbocycles. The van der Waals surface area contributed by atoms with E-state index in [0.717, 1.165) is 59.5 Å². The van der Waals surface area contributed by atoms with Crippen molar-refractivity contribution in [1.29, 1.82) is 0 Å². The molecule has 1 aliphatic rings. The van der Waals surface area contributed by atoms with Gasteiger partial charge in [-0.1, -0.05) is 79.6 Å². The van der Waals surface area contributed by atoms with Gasteiger partial charge in [0.2, 0.25) is 11.8 Å². The van der Waals surface area contributed by atoms with Gasteiger partial charge in [0.1, 0.15) is 5.82 Å². The molecule has 1 aliphatic heterocycles. The zero-order valence-corrected chi connectivity index (χ0v) is 22.1. The van der Waals surface area contributed by atoms with Crippen molar-refractivity contribution >= 4 is 22.8 Å². The molecule has 2 amide bonds. The molecule has 6 heteroatoms. The van der Waals surface area contributed by atoms with E-state index < -0.39 is 0 Å². The van der Waals surface area contributed by atoms with Crippen LogP contribution in [0.15, 0.2) is 78.9 Å². The number of carbonyl (C=O) groups is 2. The fourth-order valence-electron chi connectivity index (χ4n) is 5.33. The van der Waals surface area contributed by atoms with Crippen LogP contribution in [0.2, 0.25) is 0 Å². The van der Waals surface area contributed by atoms with E-state index in [1.807, 2.05) is 66.4 Å². The van der Waals surface area contributed by atoms with Crippen LogP contribution < -0.4 is 5.32 Å². The average Bonchev–Trinajstić information content (AvgIpc) is 3.10. The van der Waals surface area contributed by atoms with E-state index in [-0.39, 0.29) is 17.9 Å². The summed E-state index contributed by atoms with van der Waals surface area (Å²) in [6.07, 6.45) is 5.31. The number of aryl methyl sites for hydroxylation is 1. The minimum absolute atomic E-state index is 0.0517. The predicted octanol–water partition coefficient (Wildman–Crippen LogP) is 5.92. The Labute approximate surface area is 224 Å². The molecule has 1 N–H and O–H groups in total. The zero-order chi connectivity index (χ0) is 26.3. The summed E-state index contributed by atoms with van der Waals surface area (Å²) >= 11 is 0. The third-order valence-electron chi connectivity index (χ3n) is 7.38. The molecular weight excluding hydrogens is 472 g/mol. The van der Waals surface area contributed by atoms with Gasteiger partial charge in [-0.15, -0.1) is 0 Å². The summed E-state index contributed by atoms with van der Waals surface area (Å²) in [5.41, 5.74) is 5.12. The van der Waals surface area contributed by atoms with Gasteiger partial charge in [0, 0.05) is 26.1 Å². The van der Waals surface area contributed by atoms with Crippen LogP contribution in [0.3, 0.4) is 0 Å². The van der Waals surface area contributed by atoms with Crippen molar-refractivity contribution in [2.45, 2.75) is 58.0 Å². The SMILES string of the molecule is CC(NC(=O)Cc1ccc(-c2ccccc2)cc1)c1nc2ccccc2n1CCC(=O)N1CCCCCC1. The fourth-order valence-corrected chi connectivity index (χ4v) is 5.33. The molecule has 1 unspecified atom stereocenters. The predicted molar refractivity (Wildman–Crippen MR) is 152 cm³/mol. The molecule has 2 heterocycles. The lowest BCUT2D eigenvalue weighted by Gasteiger charge is -2.21. The summed E-state index contributed by atoms with van der Waals surface area (Å²) in [4.78, 5) is 32.8. The molecule has 196 valence electrons. The Morgan fingerprint density at radius 2 is 1.50 bits per heavy atom. The van der Waals surface area contributed by atoms with Crippen molar-refractivity contribution < 1.29 is 9.59 Å². The summed E-state index contributed by atoms with van der Waals surface area (Å²) in [6, 6.07) is 26.0. The normalized spacial score (nSPS) is 14.7. The van der Waals surface area contributed by atoms with Crippen LogP contribution in [0.1, 0.15) is 56.5 Å². The Balaban J connectivity index is 1.25. The Hall–Kier alpha value is -3.93. The molecular formula is C32H36N4O2. The Kier molecular flexibility index (Phi) is 8.17. The Morgan fingerprint density at radius 3 is 2.24 bits per heavy atom. The number of carbonyl (C=O) groups excluding carboxylic acids is 2. The largest absolute Gasteiger partial charge is 0.346 e. The summed E-state index contributed by atoms with van der Waals surface area (Å²) in [5.74, 6) is 0.929. The van der Waals surface area contributed by atoms with Gasteiger partial charge >= 0.3 is 0 Å². The minimum atomic E-state index is -0.285. The first-order valence-corrected chi connectivity index (χ1v) is 13.7. The van der Waals surface area contributed by atoms with E-state index in [9.17, 15) is 9.59 Å². The van der Waals surface area contributed by atoms with Crippen molar-refractivity contribution in [3.8, 4) is 11.1 Å². The van der Waals surface area contributed by atoms with E-state index in [4.69, 9.17) is 4.98 Å². The summed E-state index contributed by atoms with van der Waals surface area (Å²) in [5, 5.41) is 3.13. The number of benzene rings is 3. The number of amides is 2. The highest BCUT2D eigenvalue weighted by atomic mass is 16.2. The smallest absolute Gasteiger partial charge is 0.224 e. The minimum Gasteiger partial charge on any atom is -0.346 e. The Bertz CT molecular complexity index is 1370. The topological polar surface area (TPSA) is 67.2 Å². The monoisotopic (exact) mass is 508 g/mol. The Morgan fingerprint density at radius 1 is 0.842 bits per heavy atom. The third kappa shape index (κ3) is 6.13. The number of likely N-dealkylation sites (tertiary alicyclic amines) is 1. The number of rotatable bonds is 8. The van der Waals surface area contributed by atoms with Crippen molar-refractivity contribution in [3.05, 3.63) is 90.3 Å². The number of imidazole rings is 1. The second-order valence-corrected chi connectivity index (χ2v) is 10.2. The van der Waals surface area contributed by atoms with Crippen LogP contribution >= 0.6 is 0 Å². The van der Waals surface area contributed by atoms with Gasteiger partial charge in [0.25, 0.3) is 0 Å². The third-order valence-corrected chi connectivity index (χ3v) is 7.38. The average molecular weight is 509 g/mol. The van der Waals surface area contributed by atoms with E-state index >= 15 is 0 Å². The number of fused-ring (bicyclic) bond motifs is 1. The van der Waals surface area contributed by atoms with Gasteiger partial charge in [0.05, 0.1) is 23.5 Å². The molecule has 1 saturated heterocycles. The van der Waals surface area contributed by atoms with Crippen LogP contribution in [0.5, 0.6) is 0 Å². The molecule has 0 aliphatic carbocycles. The lowest BCUT2D eigenvalue weighted by atomic mass is 10.0. The lowest BCUT2D eigenvalue weighted by molar-refractivity contribution is -0.131. The molecule has 4 aromatic rings. The van der Waals surface area contributed by atoms with E-state index in [0.29, 0.717) is 19.4 Å². The highest BCUT2D eigenvalue weighted by Gasteiger charge is 2.21. The number of aromatic nitrogens is 2. The quantitative estimate of drug-likeness (QED) is 0.321. The summed E-state index contributed by atoms with van der Waals surface area (Å²) in [7, 11) is 0. The first-order chi connectivity index (χ1) is 18.6. The van der Waals surface area contributed by atoms with Crippen LogP contribution in [0, 0.1) is 0 Å². The molecule has 6 nitrogen and oxygen atoms in total. The fraction of sp³-hybridized carbons (Fsp3) is 0.344. The van der Waals surface area contributed by atoms with E-state index in [2.05, 4.69) is 34.1 Å². The van der Waals surface area contributed by atoms with E-state index in [1.54, 1.807) is 0 Å². The van der Waals surface area contributed by atoms with Gasteiger partial charge in [-0.05, 0) is 48.6 Å². The maximum Gasteiger partial charge on any atom is 0.224 e. The van der Waals surface area contributed by atoms with Crippen LogP contribution in [0.25, 0.3) is 22.2 Å². The molecule has 1 fully saturated rings. The summed E-state index contributed by atoms with van der Waals surface area (Å²) in [6.45, 7) is 4.22. The maximum absolute atomic E-state index is 13.0. The van der Waals surface area contributed by atoms with Crippen molar-refractivity contribution in [1.82, 2.24) is 19.8 Å². The summed E-state index contributed by atoms with van der Waals surface area (Å²) < 4.78 is 2.10. The van der Waals surface area contributed by atoms with Crippen LogP contribution in [-0.2, 0) is 22.6 Å². The first-order valence-electron chi connectivity index (χ1n) is 13.7. The zero-order valence-electron chi connectivity index (χ0n) is 22.1. The number of para-hydroxylation sites is 2. The number of nitrogens with zero attached hydrogens (tertiary/aromatic N) is 3. The number of hydrogen-bond donors (Lipinski definition) is 1. The van der Waals surface area contributed by atoms with Gasteiger partial charge in [-0.3, -0.25) is 9.59 Å². The van der Waals surface area contributed by atoms with E-state index in [1.165, 1.54) is 12.8 Å². The van der Waals surface area contributed by atoms with Gasteiger partial charge in [0.15, 0.2) is 0 Å². The first kappa shape index (κ1) is 25.7. The molecule has 1 aromatic heterocycles. The second-order valence-electron chi connectivity index (χ2n) is 10.2. The molecule has 0 saturated carbocycles. The molecule has 1 atom stereocenters. The maximum atomic E-state index is 13.0. The molecule has 0 spiro atoms. The highest BCUT2D eigenvalue weighted by molar-refractivity contribution is 5.80. The molecule has 0 bridgehead atoms. The van der Waals surface area contributed by atoms with Gasteiger partial charge in [-0.25, -0.2) is 4.98 Å². The van der Waals surface area contributed by atoms with Crippen molar-refractivity contribution in [2.24, 2.45) is 0 Å². The highest BCUT2D eigenvalue weighted by Crippen LogP contribution is 2.23. The molecule has 5 rings (SSSR count). The lowest BCUT2D eigenvalue weighted by Crippen LogP contribution is -2.33. The van der Waals surface area contributed by atoms with Crippen molar-refractivity contribution in [2.75, 3.05) is 13.1 Å². The van der Waals surface area contributed by atoms with Crippen LogP contribution in [-0.4, -0.2) is 39.4 Å². The standard InChI is InChI=1S/C32H36N4O2/c1-24(33-30(37)23-25-15-17-27(18-16-25)26-11-5-4-6-12-26)32-34-28-13-7-8-14-29(28)36(32)22-19-31(38)35-20-9-2-3-10-21-35/h4-8,11-18,24H,2-3,9-10,19-23H2,1H3,(H,33,37). The number of nitrogens with one attached hydrogen (secondary N) is 1. The number of hydrogen-bond acceptors (Lipinski definition) is 3. The van der Waals surface area contributed by atoms with Crippen molar-refractivity contribution in [3.63, 3.8) is 0 Å². The second kappa shape index (κ2) is 12.1.